The summed E-state index contributed by atoms with van der Waals surface area (Å²) < 4.78 is 0.940. The van der Waals surface area contributed by atoms with Crippen molar-refractivity contribution >= 4 is 62.1 Å². The van der Waals surface area contributed by atoms with Gasteiger partial charge in [-0.3, -0.25) is 4.79 Å². The molecule has 2 aromatic rings. The smallest absolute Gasteiger partial charge is 0.264 e. The van der Waals surface area contributed by atoms with Gasteiger partial charge in [0.05, 0.1) is 10.6 Å². The van der Waals surface area contributed by atoms with Crippen LogP contribution < -0.4 is 5.32 Å². The average Bonchev–Trinajstić information content (AvgIpc) is 2.81. The van der Waals surface area contributed by atoms with Crippen molar-refractivity contribution in [3.8, 4) is 0 Å². The van der Waals surface area contributed by atoms with E-state index in [-0.39, 0.29) is 5.91 Å². The zero-order chi connectivity index (χ0) is 15.5. The van der Waals surface area contributed by atoms with Crippen LogP contribution in [-0.2, 0) is 4.79 Å². The lowest BCUT2D eigenvalue weighted by Crippen LogP contribution is -2.19. The Bertz CT molecular complexity index is 804. The molecule has 2 aromatic carbocycles. The Morgan fingerprint density at radius 2 is 2.00 bits per heavy atom. The van der Waals surface area contributed by atoms with Crippen LogP contribution in [0.25, 0.3) is 6.08 Å². The zero-order valence-corrected chi connectivity index (χ0v) is 14.4. The molecule has 0 atom stereocenters. The Morgan fingerprint density at radius 1 is 1.18 bits per heavy atom. The van der Waals surface area contributed by atoms with Crippen LogP contribution >= 0.6 is 39.3 Å². The zero-order valence-electron chi connectivity index (χ0n) is 11.2. The molecule has 6 heteroatoms. The minimum Gasteiger partial charge on any atom is -0.300 e. The highest BCUT2D eigenvalue weighted by Crippen LogP contribution is 2.30. The van der Waals surface area contributed by atoms with Crippen LogP contribution in [-0.4, -0.2) is 11.1 Å². The van der Waals surface area contributed by atoms with Gasteiger partial charge in [-0.25, -0.2) is 4.99 Å². The van der Waals surface area contributed by atoms with E-state index in [9.17, 15) is 4.79 Å². The first-order valence-electron chi connectivity index (χ1n) is 6.41. The van der Waals surface area contributed by atoms with E-state index in [0.717, 1.165) is 15.7 Å². The van der Waals surface area contributed by atoms with Crippen molar-refractivity contribution in [2.75, 3.05) is 0 Å². The topological polar surface area (TPSA) is 41.5 Å². The van der Waals surface area contributed by atoms with Crippen molar-refractivity contribution in [1.82, 2.24) is 5.32 Å². The minimum absolute atomic E-state index is 0.168. The number of nitrogens with zero attached hydrogens (tertiary/aromatic N) is 1. The van der Waals surface area contributed by atoms with Crippen LogP contribution in [0.5, 0.6) is 0 Å². The van der Waals surface area contributed by atoms with Gasteiger partial charge in [-0.15, -0.1) is 0 Å². The number of nitrogens with one attached hydrogen (secondary N) is 1. The lowest BCUT2D eigenvalue weighted by atomic mass is 10.2. The van der Waals surface area contributed by atoms with Crippen molar-refractivity contribution < 1.29 is 4.79 Å². The third kappa shape index (κ3) is 3.61. The minimum atomic E-state index is -0.168. The fourth-order valence-electron chi connectivity index (χ4n) is 1.88. The van der Waals surface area contributed by atoms with Crippen molar-refractivity contribution in [1.29, 1.82) is 0 Å². The molecule has 1 fully saturated rings. The van der Waals surface area contributed by atoms with Gasteiger partial charge in [-0.05, 0) is 47.7 Å². The summed E-state index contributed by atoms with van der Waals surface area (Å²) in [6, 6.07) is 15.0. The van der Waals surface area contributed by atoms with Gasteiger partial charge >= 0.3 is 0 Å². The van der Waals surface area contributed by atoms with E-state index in [1.54, 1.807) is 12.1 Å². The number of carbonyl (C=O) groups excluding carboxylic acids is 1. The first-order valence-corrected chi connectivity index (χ1v) is 8.40. The van der Waals surface area contributed by atoms with E-state index in [0.29, 0.717) is 15.1 Å². The number of carbonyl (C=O) groups is 1. The number of amidine groups is 1. The van der Waals surface area contributed by atoms with E-state index in [2.05, 4.69) is 26.2 Å². The number of halogens is 2. The van der Waals surface area contributed by atoms with Crippen LogP contribution in [0.3, 0.4) is 0 Å². The lowest BCUT2D eigenvalue weighted by molar-refractivity contribution is -0.115. The predicted molar refractivity (Wildman–Crippen MR) is 96.4 cm³/mol. The molecule has 1 N–H and O–H groups in total. The molecule has 1 aliphatic rings. The maximum atomic E-state index is 12.0. The Hall–Kier alpha value is -1.56. The third-order valence-electron chi connectivity index (χ3n) is 2.88. The molecule has 0 spiro atoms. The molecule has 1 aliphatic heterocycles. The summed E-state index contributed by atoms with van der Waals surface area (Å²) in [5, 5.41) is 3.93. The first-order chi connectivity index (χ1) is 10.6. The molecule has 0 bridgehead atoms. The monoisotopic (exact) mass is 392 g/mol. The second-order valence-corrected chi connectivity index (χ2v) is 6.84. The second-order valence-electron chi connectivity index (χ2n) is 4.48. The van der Waals surface area contributed by atoms with Crippen LogP contribution in [0.15, 0.2) is 62.9 Å². The molecule has 3 nitrogen and oxygen atoms in total. The summed E-state index contributed by atoms with van der Waals surface area (Å²) in [5.74, 6) is -0.168. The Kier molecular flexibility index (Phi) is 4.66. The molecule has 0 saturated carbocycles. The van der Waals surface area contributed by atoms with Crippen LogP contribution in [0.1, 0.15) is 5.56 Å². The summed E-state index contributed by atoms with van der Waals surface area (Å²) in [6.45, 7) is 0. The molecule has 0 aliphatic carbocycles. The largest absolute Gasteiger partial charge is 0.300 e. The highest BCUT2D eigenvalue weighted by Gasteiger charge is 2.24. The van der Waals surface area contributed by atoms with E-state index in [1.165, 1.54) is 11.8 Å². The number of amides is 1. The molecule has 110 valence electrons. The molecule has 1 heterocycles. The Morgan fingerprint density at radius 3 is 2.77 bits per heavy atom. The Balaban J connectivity index is 1.86. The quantitative estimate of drug-likeness (QED) is 0.730. The number of thioether (sulfide) groups is 1. The van der Waals surface area contributed by atoms with Gasteiger partial charge in [0.2, 0.25) is 0 Å². The molecule has 1 saturated heterocycles. The molecule has 3 rings (SSSR count). The van der Waals surface area contributed by atoms with Gasteiger partial charge in [0, 0.05) is 9.50 Å². The first kappa shape index (κ1) is 15.3. The maximum Gasteiger partial charge on any atom is 0.264 e. The van der Waals surface area contributed by atoms with Gasteiger partial charge in [0.15, 0.2) is 5.17 Å². The van der Waals surface area contributed by atoms with Gasteiger partial charge in [-0.2, -0.15) is 0 Å². The summed E-state index contributed by atoms with van der Waals surface area (Å²) in [4.78, 5) is 17.0. The number of hydrogen-bond acceptors (Lipinski definition) is 3. The molecular formula is C16H10BrClN2OS. The third-order valence-corrected chi connectivity index (χ3v) is 4.63. The number of hydrogen-bond donors (Lipinski definition) is 1. The molecule has 0 radical (unpaired) electrons. The van der Waals surface area contributed by atoms with Crippen molar-refractivity contribution in [3.63, 3.8) is 0 Å². The molecule has 0 aromatic heterocycles. The number of rotatable bonds is 2. The van der Waals surface area contributed by atoms with E-state index in [4.69, 9.17) is 11.6 Å². The van der Waals surface area contributed by atoms with E-state index >= 15 is 0 Å². The van der Waals surface area contributed by atoms with Crippen LogP contribution in [0, 0.1) is 0 Å². The average molecular weight is 394 g/mol. The molecule has 22 heavy (non-hydrogen) atoms. The lowest BCUT2D eigenvalue weighted by Gasteiger charge is -1.97. The fourth-order valence-corrected chi connectivity index (χ4v) is 3.29. The maximum absolute atomic E-state index is 12.0. The van der Waals surface area contributed by atoms with Gasteiger partial charge in [-0.1, -0.05) is 51.8 Å². The second kappa shape index (κ2) is 6.69. The van der Waals surface area contributed by atoms with E-state index in [1.807, 2.05) is 42.5 Å². The van der Waals surface area contributed by atoms with Crippen molar-refractivity contribution in [2.45, 2.75) is 0 Å². The SMILES string of the molecule is O=C1NC(=Nc2cccc(Br)c2)S/C1=C\c1ccccc1Cl. The number of aliphatic imine (C=N–C) groups is 1. The standard InChI is InChI=1S/C16H10BrClN2OS/c17-11-5-3-6-12(9-11)19-16-20-15(21)14(22-16)8-10-4-1-2-7-13(10)18/h1-9H,(H,19,20,21)/b14-8-. The fraction of sp³-hybridized carbons (Fsp3) is 0. The van der Waals surface area contributed by atoms with E-state index < -0.39 is 0 Å². The van der Waals surface area contributed by atoms with Crippen LogP contribution in [0.4, 0.5) is 5.69 Å². The summed E-state index contributed by atoms with van der Waals surface area (Å²) in [7, 11) is 0. The van der Waals surface area contributed by atoms with Gasteiger partial charge in [0.25, 0.3) is 5.91 Å². The summed E-state index contributed by atoms with van der Waals surface area (Å²) >= 11 is 10.8. The normalized spacial score (nSPS) is 18.0. The summed E-state index contributed by atoms with van der Waals surface area (Å²) in [6.07, 6.45) is 1.77. The highest BCUT2D eigenvalue weighted by atomic mass is 79.9. The van der Waals surface area contributed by atoms with Gasteiger partial charge < -0.3 is 5.32 Å². The predicted octanol–water partition coefficient (Wildman–Crippen LogP) is 4.99. The van der Waals surface area contributed by atoms with Crippen LogP contribution in [0.2, 0.25) is 5.02 Å². The Labute approximate surface area is 145 Å². The molecular weight excluding hydrogens is 384 g/mol. The van der Waals surface area contributed by atoms with Crippen molar-refractivity contribution in [2.24, 2.45) is 4.99 Å². The molecule has 1 amide bonds. The summed E-state index contributed by atoms with van der Waals surface area (Å²) in [5.41, 5.74) is 1.58. The number of benzene rings is 2. The highest BCUT2D eigenvalue weighted by molar-refractivity contribution is 9.10. The molecule has 0 unspecified atom stereocenters. The van der Waals surface area contributed by atoms with Crippen molar-refractivity contribution in [3.05, 3.63) is 68.5 Å². The van der Waals surface area contributed by atoms with Gasteiger partial charge in [0.1, 0.15) is 0 Å².